The molecule has 0 aromatic heterocycles. The maximum atomic E-state index is 9.84. The first-order valence-electron chi connectivity index (χ1n) is 2.80. The first kappa shape index (κ1) is 9.02. The van der Waals surface area contributed by atoms with Gasteiger partial charge >= 0.3 is 0 Å². The second-order valence-corrected chi connectivity index (χ2v) is 2.26. The number of aldehydes is 1. The van der Waals surface area contributed by atoms with Crippen LogP contribution in [0.3, 0.4) is 0 Å². The predicted molar refractivity (Wildman–Crippen MR) is 39.0 cm³/mol. The van der Waals surface area contributed by atoms with Gasteiger partial charge in [0.15, 0.2) is 0 Å². The summed E-state index contributed by atoms with van der Waals surface area (Å²) in [4.78, 5) is 9.84. The van der Waals surface area contributed by atoms with Crippen LogP contribution >= 0.6 is 9.39 Å². The lowest BCUT2D eigenvalue weighted by molar-refractivity contribution is -0.109. The van der Waals surface area contributed by atoms with Crippen LogP contribution in [0.25, 0.3) is 0 Å². The van der Waals surface area contributed by atoms with Crippen molar-refractivity contribution in [2.45, 2.75) is 25.5 Å². The lowest BCUT2D eigenvalue weighted by Gasteiger charge is -2.14. The average Bonchev–Trinajstić information content (AvgIpc) is 1.87. The molecule has 54 valence electrons. The van der Waals surface area contributed by atoms with E-state index in [1.807, 2.05) is 0 Å². The molecule has 3 atom stereocenters. The van der Waals surface area contributed by atoms with Gasteiger partial charge in [-0.3, -0.25) is 5.09 Å². The highest BCUT2D eigenvalue weighted by molar-refractivity contribution is 7.13. The number of carbonyl (C=O) groups excluding carboxylic acids is 1. The third-order valence-corrected chi connectivity index (χ3v) is 1.70. The van der Waals surface area contributed by atoms with Crippen molar-refractivity contribution in [1.82, 2.24) is 5.09 Å². The van der Waals surface area contributed by atoms with Crippen molar-refractivity contribution in [2.75, 3.05) is 0 Å². The minimum Gasteiger partial charge on any atom is -0.391 e. The standard InChI is InChI=1S/C5H12NO2P/c1-4(6-9)5(8)2-3-7/h3-6,8H,2,9H2,1H3. The molecule has 3 nitrogen and oxygen atoms in total. The summed E-state index contributed by atoms with van der Waals surface area (Å²) in [6.45, 7) is 1.81. The highest BCUT2D eigenvalue weighted by Crippen LogP contribution is 1.96. The second-order valence-electron chi connectivity index (χ2n) is 1.93. The number of hydrogen-bond donors (Lipinski definition) is 2. The molecule has 0 aromatic rings. The normalized spacial score (nSPS) is 16.8. The minimum atomic E-state index is -0.569. The molecule has 0 saturated carbocycles. The van der Waals surface area contributed by atoms with Crippen LogP contribution in [0.15, 0.2) is 0 Å². The number of aliphatic hydroxyl groups excluding tert-OH is 1. The Kier molecular flexibility index (Phi) is 4.87. The van der Waals surface area contributed by atoms with E-state index in [1.165, 1.54) is 0 Å². The largest absolute Gasteiger partial charge is 0.391 e. The Morgan fingerprint density at radius 2 is 2.44 bits per heavy atom. The zero-order chi connectivity index (χ0) is 7.28. The van der Waals surface area contributed by atoms with Crippen molar-refractivity contribution < 1.29 is 9.90 Å². The van der Waals surface area contributed by atoms with Crippen LogP contribution in [0.4, 0.5) is 0 Å². The van der Waals surface area contributed by atoms with Crippen LogP contribution in [0, 0.1) is 0 Å². The summed E-state index contributed by atoms with van der Waals surface area (Å²) < 4.78 is 0. The van der Waals surface area contributed by atoms with Gasteiger partial charge in [-0.25, -0.2) is 0 Å². The number of aliphatic hydroxyl groups is 1. The molecule has 0 rings (SSSR count). The lowest BCUT2D eigenvalue weighted by Crippen LogP contribution is -2.31. The fraction of sp³-hybridized carbons (Fsp3) is 0.800. The van der Waals surface area contributed by atoms with Gasteiger partial charge in [0.1, 0.15) is 6.29 Å². The van der Waals surface area contributed by atoms with E-state index in [4.69, 9.17) is 5.11 Å². The van der Waals surface area contributed by atoms with Gasteiger partial charge in [0, 0.05) is 12.5 Å². The summed E-state index contributed by atoms with van der Waals surface area (Å²) >= 11 is 0. The number of hydrogen-bond acceptors (Lipinski definition) is 3. The zero-order valence-corrected chi connectivity index (χ0v) is 6.53. The maximum Gasteiger partial charge on any atom is 0.122 e. The molecule has 3 unspecified atom stereocenters. The molecule has 4 heteroatoms. The molecule has 0 saturated heterocycles. The summed E-state index contributed by atoms with van der Waals surface area (Å²) in [5, 5.41) is 11.8. The second kappa shape index (κ2) is 4.86. The van der Waals surface area contributed by atoms with E-state index in [2.05, 4.69) is 14.5 Å². The lowest BCUT2D eigenvalue weighted by atomic mass is 10.1. The number of nitrogens with one attached hydrogen (secondary N) is 1. The van der Waals surface area contributed by atoms with Crippen LogP contribution in [-0.4, -0.2) is 23.5 Å². The van der Waals surface area contributed by atoms with Gasteiger partial charge in [0.25, 0.3) is 0 Å². The van der Waals surface area contributed by atoms with E-state index in [0.717, 1.165) is 0 Å². The summed E-state index contributed by atoms with van der Waals surface area (Å²) in [7, 11) is 2.29. The number of rotatable bonds is 4. The Morgan fingerprint density at radius 3 is 2.78 bits per heavy atom. The quantitative estimate of drug-likeness (QED) is 0.426. The van der Waals surface area contributed by atoms with E-state index >= 15 is 0 Å². The average molecular weight is 149 g/mol. The van der Waals surface area contributed by atoms with Crippen molar-refractivity contribution >= 4 is 15.7 Å². The molecule has 2 N–H and O–H groups in total. The summed E-state index contributed by atoms with van der Waals surface area (Å²) in [6, 6.07) is -0.0415. The molecule has 0 fully saturated rings. The Bertz CT molecular complexity index is 89.0. The molecule has 0 radical (unpaired) electrons. The molecular weight excluding hydrogens is 137 g/mol. The van der Waals surface area contributed by atoms with Crippen molar-refractivity contribution in [3.05, 3.63) is 0 Å². The Morgan fingerprint density at radius 1 is 1.89 bits per heavy atom. The predicted octanol–water partition coefficient (Wildman–Crippen LogP) is -0.296. The first-order chi connectivity index (χ1) is 4.22. The van der Waals surface area contributed by atoms with Gasteiger partial charge in [-0.1, -0.05) is 9.39 Å². The SMILES string of the molecule is CC(NP)C(O)CC=O. The van der Waals surface area contributed by atoms with Gasteiger partial charge in [-0.05, 0) is 6.92 Å². The fourth-order valence-corrected chi connectivity index (χ4v) is 0.636. The van der Waals surface area contributed by atoms with Crippen molar-refractivity contribution in [3.63, 3.8) is 0 Å². The molecule has 0 aliphatic carbocycles. The van der Waals surface area contributed by atoms with Crippen LogP contribution in [-0.2, 0) is 4.79 Å². The smallest absolute Gasteiger partial charge is 0.122 e. The summed E-state index contributed by atoms with van der Waals surface area (Å²) in [5.74, 6) is 0. The third kappa shape index (κ3) is 3.57. The highest BCUT2D eigenvalue weighted by atomic mass is 31.0. The Balaban J connectivity index is 3.44. The van der Waals surface area contributed by atoms with Crippen molar-refractivity contribution in [3.8, 4) is 0 Å². The van der Waals surface area contributed by atoms with Gasteiger partial charge in [-0.2, -0.15) is 0 Å². The van der Waals surface area contributed by atoms with Crippen LogP contribution in [0.5, 0.6) is 0 Å². The molecule has 0 heterocycles. The molecular formula is C5H12NO2P. The topological polar surface area (TPSA) is 49.3 Å². The van der Waals surface area contributed by atoms with E-state index < -0.39 is 6.10 Å². The van der Waals surface area contributed by atoms with Crippen molar-refractivity contribution in [2.24, 2.45) is 0 Å². The van der Waals surface area contributed by atoms with E-state index in [-0.39, 0.29) is 12.5 Å². The molecule has 0 spiro atoms. The molecule has 0 aliphatic rings. The molecule has 0 aromatic carbocycles. The van der Waals surface area contributed by atoms with Crippen LogP contribution in [0.1, 0.15) is 13.3 Å². The van der Waals surface area contributed by atoms with Crippen LogP contribution < -0.4 is 5.09 Å². The molecule has 0 aliphatic heterocycles. The Labute approximate surface area is 57.1 Å². The first-order valence-corrected chi connectivity index (χ1v) is 3.38. The summed E-state index contributed by atoms with van der Waals surface area (Å²) in [5.41, 5.74) is 0. The molecule has 0 bridgehead atoms. The maximum absolute atomic E-state index is 9.84. The monoisotopic (exact) mass is 149 g/mol. The van der Waals surface area contributed by atoms with E-state index in [0.29, 0.717) is 6.29 Å². The third-order valence-electron chi connectivity index (χ3n) is 1.18. The van der Waals surface area contributed by atoms with Crippen LogP contribution in [0.2, 0.25) is 0 Å². The Hall–Kier alpha value is 0.0200. The minimum absolute atomic E-state index is 0.0415. The number of carbonyl (C=O) groups is 1. The highest BCUT2D eigenvalue weighted by Gasteiger charge is 2.09. The molecule has 0 amide bonds. The summed E-state index contributed by atoms with van der Waals surface area (Å²) in [6.07, 6.45) is 0.339. The molecule has 9 heavy (non-hydrogen) atoms. The fourth-order valence-electron chi connectivity index (χ4n) is 0.414. The zero-order valence-electron chi connectivity index (χ0n) is 5.37. The van der Waals surface area contributed by atoms with Gasteiger partial charge in [0.05, 0.1) is 6.10 Å². The van der Waals surface area contributed by atoms with Gasteiger partial charge in [-0.15, -0.1) is 0 Å². The van der Waals surface area contributed by atoms with Crippen molar-refractivity contribution in [1.29, 1.82) is 0 Å². The van der Waals surface area contributed by atoms with E-state index in [9.17, 15) is 4.79 Å². The van der Waals surface area contributed by atoms with Gasteiger partial charge < -0.3 is 9.90 Å². The van der Waals surface area contributed by atoms with E-state index in [1.54, 1.807) is 6.92 Å². The van der Waals surface area contributed by atoms with Gasteiger partial charge in [0.2, 0.25) is 0 Å².